The number of carbonyl (C=O) groups is 1. The molecular weight excluding hydrogens is 321 g/mol. The average molecular weight is 343 g/mol. The standard InChI is InChI=1S/C19H22FN3O2/c20-15-5-4-8-17(11-15)25-18-10-9-14(12-21-18)13-22-19(24)23-16-6-2-1-3-7-16/h4-5,8-12,16H,1-3,6-7,13H2,(H2,22,23,24). The number of urea groups is 1. The van der Waals surface area contributed by atoms with Crippen molar-refractivity contribution >= 4 is 6.03 Å². The normalized spacial score (nSPS) is 14.8. The third kappa shape index (κ3) is 5.45. The number of amides is 2. The zero-order valence-electron chi connectivity index (χ0n) is 14.0. The van der Waals surface area contributed by atoms with Crippen LogP contribution in [0.3, 0.4) is 0 Å². The molecule has 25 heavy (non-hydrogen) atoms. The number of benzene rings is 1. The number of pyridine rings is 1. The molecule has 1 aromatic heterocycles. The van der Waals surface area contributed by atoms with Gasteiger partial charge in [-0.3, -0.25) is 0 Å². The third-order valence-corrected chi connectivity index (χ3v) is 4.21. The maximum atomic E-state index is 13.1. The highest BCUT2D eigenvalue weighted by atomic mass is 19.1. The van der Waals surface area contributed by atoms with Crippen LogP contribution in [0.4, 0.5) is 9.18 Å². The summed E-state index contributed by atoms with van der Waals surface area (Å²) >= 11 is 0. The summed E-state index contributed by atoms with van der Waals surface area (Å²) in [6, 6.07) is 9.55. The molecule has 0 radical (unpaired) electrons. The van der Waals surface area contributed by atoms with E-state index in [0.29, 0.717) is 18.2 Å². The average Bonchev–Trinajstić information content (AvgIpc) is 2.62. The van der Waals surface area contributed by atoms with Crippen LogP contribution in [0.15, 0.2) is 42.6 Å². The van der Waals surface area contributed by atoms with E-state index in [2.05, 4.69) is 15.6 Å². The molecule has 0 spiro atoms. The van der Waals surface area contributed by atoms with Gasteiger partial charge in [-0.05, 0) is 30.5 Å². The fourth-order valence-electron chi connectivity index (χ4n) is 2.89. The third-order valence-electron chi connectivity index (χ3n) is 4.21. The van der Waals surface area contributed by atoms with Crippen molar-refractivity contribution in [1.82, 2.24) is 15.6 Å². The lowest BCUT2D eigenvalue weighted by molar-refractivity contribution is 0.232. The van der Waals surface area contributed by atoms with Gasteiger partial charge in [0.25, 0.3) is 0 Å². The van der Waals surface area contributed by atoms with Crippen LogP contribution in [0.2, 0.25) is 0 Å². The van der Waals surface area contributed by atoms with Crippen molar-refractivity contribution in [3.05, 3.63) is 54.0 Å². The molecule has 132 valence electrons. The highest BCUT2D eigenvalue weighted by Crippen LogP contribution is 2.20. The molecule has 0 unspecified atom stereocenters. The van der Waals surface area contributed by atoms with Crippen LogP contribution >= 0.6 is 0 Å². The van der Waals surface area contributed by atoms with Gasteiger partial charge < -0.3 is 15.4 Å². The lowest BCUT2D eigenvalue weighted by atomic mass is 9.96. The molecule has 2 amide bonds. The number of rotatable bonds is 5. The summed E-state index contributed by atoms with van der Waals surface area (Å²) in [5, 5.41) is 5.85. The molecule has 6 heteroatoms. The first-order chi connectivity index (χ1) is 12.2. The van der Waals surface area contributed by atoms with E-state index in [1.165, 1.54) is 31.4 Å². The highest BCUT2D eigenvalue weighted by Gasteiger charge is 2.15. The minimum absolute atomic E-state index is 0.146. The monoisotopic (exact) mass is 343 g/mol. The number of nitrogens with one attached hydrogen (secondary N) is 2. The van der Waals surface area contributed by atoms with Gasteiger partial charge in [0.2, 0.25) is 5.88 Å². The first kappa shape index (κ1) is 17.2. The van der Waals surface area contributed by atoms with E-state index < -0.39 is 0 Å². The van der Waals surface area contributed by atoms with Crippen LogP contribution in [0.5, 0.6) is 11.6 Å². The highest BCUT2D eigenvalue weighted by molar-refractivity contribution is 5.74. The molecule has 1 aliphatic carbocycles. The lowest BCUT2D eigenvalue weighted by Gasteiger charge is -2.22. The van der Waals surface area contributed by atoms with Gasteiger partial charge in [-0.1, -0.05) is 31.4 Å². The second-order valence-electron chi connectivity index (χ2n) is 6.23. The van der Waals surface area contributed by atoms with E-state index in [-0.39, 0.29) is 17.9 Å². The smallest absolute Gasteiger partial charge is 0.315 e. The van der Waals surface area contributed by atoms with E-state index in [4.69, 9.17) is 4.74 Å². The second-order valence-corrected chi connectivity index (χ2v) is 6.23. The van der Waals surface area contributed by atoms with Crippen molar-refractivity contribution in [1.29, 1.82) is 0 Å². The van der Waals surface area contributed by atoms with E-state index in [1.54, 1.807) is 24.4 Å². The minimum Gasteiger partial charge on any atom is -0.439 e. The number of aromatic nitrogens is 1. The van der Waals surface area contributed by atoms with Crippen LogP contribution in [0, 0.1) is 5.82 Å². The summed E-state index contributed by atoms with van der Waals surface area (Å²) in [6.07, 6.45) is 7.37. The van der Waals surface area contributed by atoms with E-state index in [9.17, 15) is 9.18 Å². The molecule has 1 saturated carbocycles. The van der Waals surface area contributed by atoms with Gasteiger partial charge in [-0.2, -0.15) is 0 Å². The molecule has 1 fully saturated rings. The van der Waals surface area contributed by atoms with E-state index in [0.717, 1.165) is 18.4 Å². The number of hydrogen-bond acceptors (Lipinski definition) is 3. The number of carbonyl (C=O) groups excluding carboxylic acids is 1. The summed E-state index contributed by atoms with van der Waals surface area (Å²) in [4.78, 5) is 16.1. The molecule has 0 bridgehead atoms. The van der Waals surface area contributed by atoms with Crippen molar-refractivity contribution in [3.8, 4) is 11.6 Å². The Labute approximate surface area is 146 Å². The topological polar surface area (TPSA) is 63.2 Å². The van der Waals surface area contributed by atoms with E-state index in [1.807, 2.05) is 6.07 Å². The van der Waals surface area contributed by atoms with E-state index >= 15 is 0 Å². The Bertz CT molecular complexity index is 700. The Morgan fingerprint density at radius 1 is 1.20 bits per heavy atom. The van der Waals surface area contributed by atoms with Crippen LogP contribution in [0.1, 0.15) is 37.7 Å². The Kier molecular flexibility index (Phi) is 5.82. The van der Waals surface area contributed by atoms with Gasteiger partial charge in [-0.15, -0.1) is 0 Å². The maximum Gasteiger partial charge on any atom is 0.315 e. The fraction of sp³-hybridized carbons (Fsp3) is 0.368. The molecule has 2 aromatic rings. The Morgan fingerprint density at radius 3 is 2.76 bits per heavy atom. The van der Waals surface area contributed by atoms with Gasteiger partial charge in [0.05, 0.1) is 0 Å². The summed E-state index contributed by atoms with van der Waals surface area (Å²) < 4.78 is 18.6. The molecule has 3 rings (SSSR count). The molecule has 1 aliphatic rings. The molecule has 5 nitrogen and oxygen atoms in total. The second kappa shape index (κ2) is 8.46. The van der Waals surface area contributed by atoms with Crippen molar-refractivity contribution in [3.63, 3.8) is 0 Å². The molecule has 0 saturated heterocycles. The molecule has 1 heterocycles. The number of halogens is 1. The lowest BCUT2D eigenvalue weighted by Crippen LogP contribution is -2.42. The number of ether oxygens (including phenoxy) is 1. The Hall–Kier alpha value is -2.63. The van der Waals surface area contributed by atoms with Crippen molar-refractivity contribution < 1.29 is 13.9 Å². The fourth-order valence-corrected chi connectivity index (χ4v) is 2.89. The molecule has 0 aliphatic heterocycles. The van der Waals surface area contributed by atoms with Gasteiger partial charge >= 0.3 is 6.03 Å². The van der Waals surface area contributed by atoms with Crippen LogP contribution in [0.25, 0.3) is 0 Å². The summed E-state index contributed by atoms with van der Waals surface area (Å²) in [5.41, 5.74) is 0.866. The van der Waals surface area contributed by atoms with Gasteiger partial charge in [0.15, 0.2) is 0 Å². The van der Waals surface area contributed by atoms with Gasteiger partial charge in [-0.25, -0.2) is 14.2 Å². The Morgan fingerprint density at radius 2 is 2.04 bits per heavy atom. The predicted octanol–water partition coefficient (Wildman–Crippen LogP) is 4.14. The maximum absolute atomic E-state index is 13.1. The number of hydrogen-bond donors (Lipinski definition) is 2. The Balaban J connectivity index is 1.46. The van der Waals surface area contributed by atoms with Crippen molar-refractivity contribution in [2.75, 3.05) is 0 Å². The van der Waals surface area contributed by atoms with Gasteiger partial charge in [0.1, 0.15) is 11.6 Å². The summed E-state index contributed by atoms with van der Waals surface area (Å²) in [7, 11) is 0. The first-order valence-corrected chi connectivity index (χ1v) is 8.62. The quantitative estimate of drug-likeness (QED) is 0.857. The van der Waals surface area contributed by atoms with Crippen molar-refractivity contribution in [2.24, 2.45) is 0 Å². The molecule has 2 N–H and O–H groups in total. The molecule has 1 aromatic carbocycles. The largest absolute Gasteiger partial charge is 0.439 e. The minimum atomic E-state index is -0.359. The molecular formula is C19H22FN3O2. The van der Waals surface area contributed by atoms with Crippen LogP contribution < -0.4 is 15.4 Å². The SMILES string of the molecule is O=C(NCc1ccc(Oc2cccc(F)c2)nc1)NC1CCCCC1. The predicted molar refractivity (Wildman–Crippen MR) is 93.0 cm³/mol. The summed E-state index contributed by atoms with van der Waals surface area (Å²) in [6.45, 7) is 0.395. The van der Waals surface area contributed by atoms with Crippen molar-refractivity contribution in [2.45, 2.75) is 44.7 Å². The zero-order chi connectivity index (χ0) is 17.5. The zero-order valence-corrected chi connectivity index (χ0v) is 14.0. The first-order valence-electron chi connectivity index (χ1n) is 8.62. The van der Waals surface area contributed by atoms with Crippen LogP contribution in [-0.2, 0) is 6.54 Å². The number of nitrogens with zero attached hydrogens (tertiary/aromatic N) is 1. The molecule has 0 atom stereocenters. The summed E-state index contributed by atoms with van der Waals surface area (Å²) in [5.74, 6) is 0.411. The van der Waals surface area contributed by atoms with Gasteiger partial charge in [0, 0.05) is 30.9 Å². The van der Waals surface area contributed by atoms with Crippen LogP contribution in [-0.4, -0.2) is 17.1 Å².